The smallest absolute Gasteiger partial charge is 0.131 e. The number of nitrogens with one attached hydrogen (secondary N) is 1. The van der Waals surface area contributed by atoms with Gasteiger partial charge < -0.3 is 5.32 Å². The number of halogens is 1. The van der Waals surface area contributed by atoms with Crippen molar-refractivity contribution in [2.45, 2.75) is 32.4 Å². The van der Waals surface area contributed by atoms with E-state index in [2.05, 4.69) is 10.3 Å². The summed E-state index contributed by atoms with van der Waals surface area (Å²) < 4.78 is 14.2. The molecule has 0 bridgehead atoms. The van der Waals surface area contributed by atoms with Gasteiger partial charge in [-0.2, -0.15) is 0 Å². The van der Waals surface area contributed by atoms with E-state index in [0.717, 1.165) is 23.2 Å². The van der Waals surface area contributed by atoms with Gasteiger partial charge in [0.15, 0.2) is 0 Å². The van der Waals surface area contributed by atoms with Crippen molar-refractivity contribution in [2.75, 3.05) is 0 Å². The fourth-order valence-electron chi connectivity index (χ4n) is 2.15. The van der Waals surface area contributed by atoms with Crippen LogP contribution in [0.3, 0.4) is 0 Å². The van der Waals surface area contributed by atoms with E-state index >= 15 is 0 Å². The number of rotatable bonds is 4. The molecule has 1 heterocycles. The minimum absolute atomic E-state index is 0.178. The summed E-state index contributed by atoms with van der Waals surface area (Å²) in [5.74, 6) is -0.178. The Bertz CT molecular complexity index is 591. The summed E-state index contributed by atoms with van der Waals surface area (Å²) in [6.45, 7) is 2.70. The number of hydrogen-bond acceptors (Lipinski definition) is 2. The van der Waals surface area contributed by atoms with Crippen LogP contribution in [0, 0.1) is 12.7 Å². The third-order valence-electron chi connectivity index (χ3n) is 3.39. The molecule has 0 aliphatic heterocycles. The summed E-state index contributed by atoms with van der Waals surface area (Å²) in [5, 5.41) is 3.39. The van der Waals surface area contributed by atoms with Crippen LogP contribution in [-0.2, 0) is 6.54 Å². The molecule has 1 saturated carbocycles. The van der Waals surface area contributed by atoms with Crippen LogP contribution in [0.5, 0.6) is 0 Å². The summed E-state index contributed by atoms with van der Waals surface area (Å²) in [6.07, 6.45) is 5.97. The van der Waals surface area contributed by atoms with E-state index < -0.39 is 0 Å². The molecule has 2 nitrogen and oxygen atoms in total. The van der Waals surface area contributed by atoms with E-state index in [4.69, 9.17) is 0 Å². The first kappa shape index (κ1) is 12.3. The molecule has 1 aromatic carbocycles. The van der Waals surface area contributed by atoms with Gasteiger partial charge in [0.1, 0.15) is 5.82 Å². The molecule has 0 atom stereocenters. The molecule has 3 rings (SSSR count). The van der Waals surface area contributed by atoms with Crippen LogP contribution in [0.15, 0.2) is 36.7 Å². The van der Waals surface area contributed by atoms with Gasteiger partial charge in [0.05, 0.1) is 0 Å². The highest BCUT2D eigenvalue weighted by Gasteiger charge is 2.20. The molecule has 3 heteroatoms. The van der Waals surface area contributed by atoms with Crippen molar-refractivity contribution < 1.29 is 4.39 Å². The molecule has 0 unspecified atom stereocenters. The third kappa shape index (κ3) is 2.99. The Hall–Kier alpha value is -1.74. The Morgan fingerprint density at radius 3 is 2.79 bits per heavy atom. The fraction of sp³-hybridized carbons (Fsp3) is 0.312. The van der Waals surface area contributed by atoms with Crippen molar-refractivity contribution in [2.24, 2.45) is 0 Å². The van der Waals surface area contributed by atoms with Crippen LogP contribution in [0.2, 0.25) is 0 Å². The lowest BCUT2D eigenvalue weighted by Crippen LogP contribution is -2.15. The molecular weight excluding hydrogens is 239 g/mol. The predicted octanol–water partition coefficient (Wildman–Crippen LogP) is 3.45. The van der Waals surface area contributed by atoms with E-state index in [-0.39, 0.29) is 5.82 Å². The average Bonchev–Trinajstić information content (AvgIpc) is 3.20. The van der Waals surface area contributed by atoms with Gasteiger partial charge in [0.2, 0.25) is 0 Å². The highest BCUT2D eigenvalue weighted by Crippen LogP contribution is 2.24. The SMILES string of the molecule is Cc1cncc(-c2ccc(CNC3CC3)cc2F)c1. The number of aryl methyl sites for hydroxylation is 1. The second-order valence-corrected chi connectivity index (χ2v) is 5.22. The molecule has 0 radical (unpaired) electrons. The van der Waals surface area contributed by atoms with Gasteiger partial charge in [-0.1, -0.05) is 12.1 Å². The van der Waals surface area contributed by atoms with E-state index in [0.29, 0.717) is 11.6 Å². The van der Waals surface area contributed by atoms with Gasteiger partial charge >= 0.3 is 0 Å². The molecule has 1 fully saturated rings. The molecule has 19 heavy (non-hydrogen) atoms. The van der Waals surface area contributed by atoms with Gasteiger partial charge in [-0.05, 0) is 43.0 Å². The quantitative estimate of drug-likeness (QED) is 0.906. The Labute approximate surface area is 112 Å². The summed E-state index contributed by atoms with van der Waals surface area (Å²) in [6, 6.07) is 8.04. The average molecular weight is 256 g/mol. The fourth-order valence-corrected chi connectivity index (χ4v) is 2.15. The highest BCUT2D eigenvalue weighted by molar-refractivity contribution is 5.64. The van der Waals surface area contributed by atoms with Crippen molar-refractivity contribution in [3.8, 4) is 11.1 Å². The van der Waals surface area contributed by atoms with Crippen molar-refractivity contribution in [1.29, 1.82) is 0 Å². The number of hydrogen-bond donors (Lipinski definition) is 1. The normalized spacial score (nSPS) is 14.6. The third-order valence-corrected chi connectivity index (χ3v) is 3.39. The van der Waals surface area contributed by atoms with E-state index in [1.54, 1.807) is 18.5 Å². The summed E-state index contributed by atoms with van der Waals surface area (Å²) in [5.41, 5.74) is 3.48. The molecule has 0 saturated heterocycles. The first-order valence-corrected chi connectivity index (χ1v) is 6.66. The number of benzene rings is 1. The summed E-state index contributed by atoms with van der Waals surface area (Å²) >= 11 is 0. The van der Waals surface area contributed by atoms with E-state index in [1.807, 2.05) is 25.1 Å². The van der Waals surface area contributed by atoms with E-state index in [9.17, 15) is 4.39 Å². The van der Waals surface area contributed by atoms with Gasteiger partial charge in [-0.3, -0.25) is 4.98 Å². The molecular formula is C16H17FN2. The Kier molecular flexibility index (Phi) is 3.30. The van der Waals surface area contributed by atoms with Crippen LogP contribution in [0.4, 0.5) is 4.39 Å². The number of pyridine rings is 1. The lowest BCUT2D eigenvalue weighted by atomic mass is 10.0. The molecule has 1 aliphatic rings. The van der Waals surface area contributed by atoms with Crippen LogP contribution in [0.1, 0.15) is 24.0 Å². The van der Waals surface area contributed by atoms with Gasteiger partial charge in [-0.15, -0.1) is 0 Å². The molecule has 1 N–H and O–H groups in total. The second-order valence-electron chi connectivity index (χ2n) is 5.22. The van der Waals surface area contributed by atoms with E-state index in [1.165, 1.54) is 12.8 Å². The first-order valence-electron chi connectivity index (χ1n) is 6.66. The zero-order valence-electron chi connectivity index (χ0n) is 11.0. The molecule has 2 aromatic rings. The maximum Gasteiger partial charge on any atom is 0.131 e. The lowest BCUT2D eigenvalue weighted by Gasteiger charge is -2.07. The lowest BCUT2D eigenvalue weighted by molar-refractivity contribution is 0.623. The number of nitrogens with zero attached hydrogens (tertiary/aromatic N) is 1. The predicted molar refractivity (Wildman–Crippen MR) is 74.2 cm³/mol. The van der Waals surface area contributed by atoms with Crippen LogP contribution in [0.25, 0.3) is 11.1 Å². The van der Waals surface area contributed by atoms with Crippen LogP contribution >= 0.6 is 0 Å². The van der Waals surface area contributed by atoms with Gasteiger partial charge in [0.25, 0.3) is 0 Å². The standard InChI is InChI=1S/C16H17FN2/c1-11-6-13(10-18-8-11)15-5-2-12(7-16(15)17)9-19-14-3-4-14/h2,5-8,10,14,19H,3-4,9H2,1H3. The zero-order valence-corrected chi connectivity index (χ0v) is 11.0. The Morgan fingerprint density at radius 2 is 2.11 bits per heavy atom. The Balaban J connectivity index is 1.82. The van der Waals surface area contributed by atoms with Crippen molar-refractivity contribution >= 4 is 0 Å². The van der Waals surface area contributed by atoms with Crippen molar-refractivity contribution in [1.82, 2.24) is 10.3 Å². The minimum Gasteiger partial charge on any atom is -0.310 e. The molecule has 0 amide bonds. The number of aromatic nitrogens is 1. The van der Waals surface area contributed by atoms with Crippen LogP contribution in [-0.4, -0.2) is 11.0 Å². The van der Waals surface area contributed by atoms with Gasteiger partial charge in [0, 0.05) is 36.1 Å². The minimum atomic E-state index is -0.178. The maximum atomic E-state index is 14.2. The summed E-state index contributed by atoms with van der Waals surface area (Å²) in [4.78, 5) is 4.11. The maximum absolute atomic E-state index is 14.2. The Morgan fingerprint density at radius 1 is 1.26 bits per heavy atom. The topological polar surface area (TPSA) is 24.9 Å². The van der Waals surface area contributed by atoms with Crippen molar-refractivity contribution in [3.05, 3.63) is 53.6 Å². The highest BCUT2D eigenvalue weighted by atomic mass is 19.1. The van der Waals surface area contributed by atoms with Gasteiger partial charge in [-0.25, -0.2) is 4.39 Å². The largest absolute Gasteiger partial charge is 0.310 e. The first-order chi connectivity index (χ1) is 9.22. The molecule has 1 aliphatic carbocycles. The zero-order chi connectivity index (χ0) is 13.2. The second kappa shape index (κ2) is 5.10. The monoisotopic (exact) mass is 256 g/mol. The molecule has 0 spiro atoms. The van der Waals surface area contributed by atoms with Crippen molar-refractivity contribution in [3.63, 3.8) is 0 Å². The molecule has 1 aromatic heterocycles. The summed E-state index contributed by atoms with van der Waals surface area (Å²) in [7, 11) is 0. The molecule has 98 valence electrons. The van der Waals surface area contributed by atoms with Crippen LogP contribution < -0.4 is 5.32 Å².